The Labute approximate surface area is 109 Å². The number of amides is 1. The average Bonchev–Trinajstić information content (AvgIpc) is 2.38. The van der Waals surface area contributed by atoms with E-state index in [4.69, 9.17) is 10.5 Å². The first kappa shape index (κ1) is 14.4. The van der Waals surface area contributed by atoms with E-state index in [-0.39, 0.29) is 5.91 Å². The van der Waals surface area contributed by atoms with Crippen molar-refractivity contribution < 1.29 is 9.53 Å². The van der Waals surface area contributed by atoms with Crippen molar-refractivity contribution in [2.24, 2.45) is 0 Å². The van der Waals surface area contributed by atoms with Gasteiger partial charge in [0.2, 0.25) is 0 Å². The monoisotopic (exact) mass is 250 g/mol. The van der Waals surface area contributed by atoms with E-state index >= 15 is 0 Å². The Morgan fingerprint density at radius 3 is 2.67 bits per heavy atom. The van der Waals surface area contributed by atoms with E-state index in [0.717, 1.165) is 25.8 Å². The number of rotatable bonds is 6. The molecule has 2 N–H and O–H groups in total. The van der Waals surface area contributed by atoms with Crippen LogP contribution in [0.1, 0.15) is 36.5 Å². The van der Waals surface area contributed by atoms with Gasteiger partial charge in [0.15, 0.2) is 0 Å². The highest BCUT2D eigenvalue weighted by atomic mass is 16.5. The van der Waals surface area contributed by atoms with Gasteiger partial charge in [-0.05, 0) is 24.6 Å². The standard InChI is InChI=1S/C14H22N2O2/c1-4-5-6-9-16(2)14(17)11-7-8-13(18-3)12(15)10-11/h7-8,10H,4-6,9,15H2,1-3H3. The fraction of sp³-hybridized carbons (Fsp3) is 0.500. The lowest BCUT2D eigenvalue weighted by molar-refractivity contribution is 0.0792. The number of nitrogens with two attached hydrogens (primary N) is 1. The highest BCUT2D eigenvalue weighted by Gasteiger charge is 2.12. The predicted octanol–water partition coefficient (Wildman–Crippen LogP) is 2.54. The van der Waals surface area contributed by atoms with Crippen molar-refractivity contribution in [2.75, 3.05) is 26.4 Å². The molecule has 1 rings (SSSR count). The Morgan fingerprint density at radius 1 is 1.39 bits per heavy atom. The fourth-order valence-corrected chi connectivity index (χ4v) is 1.79. The summed E-state index contributed by atoms with van der Waals surface area (Å²) in [5.41, 5.74) is 6.89. The minimum atomic E-state index is 0.000422. The molecule has 0 aliphatic heterocycles. The second-order valence-corrected chi connectivity index (χ2v) is 4.39. The molecule has 0 saturated carbocycles. The lowest BCUT2D eigenvalue weighted by atomic mass is 10.1. The van der Waals surface area contributed by atoms with E-state index in [1.807, 2.05) is 7.05 Å². The van der Waals surface area contributed by atoms with Gasteiger partial charge in [0.1, 0.15) is 5.75 Å². The van der Waals surface area contributed by atoms with Crippen LogP contribution in [0, 0.1) is 0 Å². The number of unbranched alkanes of at least 4 members (excludes halogenated alkanes) is 2. The number of hydrogen-bond acceptors (Lipinski definition) is 3. The van der Waals surface area contributed by atoms with Gasteiger partial charge in [0, 0.05) is 19.2 Å². The zero-order chi connectivity index (χ0) is 13.5. The molecule has 1 aromatic carbocycles. The van der Waals surface area contributed by atoms with Gasteiger partial charge >= 0.3 is 0 Å². The van der Waals surface area contributed by atoms with Gasteiger partial charge in [-0.25, -0.2) is 0 Å². The summed E-state index contributed by atoms with van der Waals surface area (Å²) in [7, 11) is 3.38. The predicted molar refractivity (Wildman–Crippen MR) is 73.9 cm³/mol. The van der Waals surface area contributed by atoms with E-state index in [0.29, 0.717) is 17.0 Å². The maximum absolute atomic E-state index is 12.1. The first-order valence-corrected chi connectivity index (χ1v) is 6.29. The van der Waals surface area contributed by atoms with Crippen molar-refractivity contribution in [2.45, 2.75) is 26.2 Å². The Bertz CT molecular complexity index is 405. The molecule has 1 amide bonds. The largest absolute Gasteiger partial charge is 0.495 e. The van der Waals surface area contributed by atoms with Crippen LogP contribution in [0.3, 0.4) is 0 Å². The van der Waals surface area contributed by atoms with Crippen LogP contribution in [0.15, 0.2) is 18.2 Å². The van der Waals surface area contributed by atoms with E-state index in [1.165, 1.54) is 0 Å². The average molecular weight is 250 g/mol. The molecule has 4 nitrogen and oxygen atoms in total. The Kier molecular flexibility index (Phi) is 5.49. The summed E-state index contributed by atoms with van der Waals surface area (Å²) in [6.45, 7) is 2.92. The highest BCUT2D eigenvalue weighted by molar-refractivity contribution is 5.95. The van der Waals surface area contributed by atoms with Crippen molar-refractivity contribution in [3.63, 3.8) is 0 Å². The molecule has 4 heteroatoms. The molecule has 0 spiro atoms. The smallest absolute Gasteiger partial charge is 0.253 e. The van der Waals surface area contributed by atoms with Crippen molar-refractivity contribution >= 4 is 11.6 Å². The summed E-state index contributed by atoms with van der Waals surface area (Å²) in [4.78, 5) is 13.9. The number of carbonyl (C=O) groups excluding carboxylic acids is 1. The second-order valence-electron chi connectivity index (χ2n) is 4.39. The van der Waals surface area contributed by atoms with Gasteiger partial charge in [-0.3, -0.25) is 4.79 Å². The molecule has 0 aromatic heterocycles. The third-order valence-electron chi connectivity index (χ3n) is 2.92. The molecule has 0 radical (unpaired) electrons. The molecular weight excluding hydrogens is 228 g/mol. The van der Waals surface area contributed by atoms with Crippen molar-refractivity contribution in [1.82, 2.24) is 4.90 Å². The molecule has 18 heavy (non-hydrogen) atoms. The van der Waals surface area contributed by atoms with Crippen molar-refractivity contribution in [3.05, 3.63) is 23.8 Å². The molecular formula is C14H22N2O2. The summed E-state index contributed by atoms with van der Waals surface area (Å²) in [6.07, 6.45) is 3.32. The van der Waals surface area contributed by atoms with E-state index < -0.39 is 0 Å². The van der Waals surface area contributed by atoms with Crippen LogP contribution in [0.4, 0.5) is 5.69 Å². The summed E-state index contributed by atoms with van der Waals surface area (Å²) < 4.78 is 5.07. The van der Waals surface area contributed by atoms with Crippen molar-refractivity contribution in [3.8, 4) is 5.75 Å². The molecule has 0 atom stereocenters. The molecule has 0 aliphatic rings. The zero-order valence-corrected chi connectivity index (χ0v) is 11.4. The zero-order valence-electron chi connectivity index (χ0n) is 11.4. The second kappa shape index (κ2) is 6.89. The van der Waals surface area contributed by atoms with Crippen molar-refractivity contribution in [1.29, 1.82) is 0 Å². The number of nitrogens with zero attached hydrogens (tertiary/aromatic N) is 1. The normalized spacial score (nSPS) is 10.2. The highest BCUT2D eigenvalue weighted by Crippen LogP contribution is 2.22. The summed E-state index contributed by atoms with van der Waals surface area (Å²) in [5.74, 6) is 0.598. The molecule has 0 unspecified atom stereocenters. The third kappa shape index (κ3) is 3.65. The number of methoxy groups -OCH3 is 1. The molecule has 100 valence electrons. The lowest BCUT2D eigenvalue weighted by Gasteiger charge is -2.17. The van der Waals surface area contributed by atoms with Gasteiger partial charge in [0.05, 0.1) is 12.8 Å². The minimum absolute atomic E-state index is 0.000422. The molecule has 1 aromatic rings. The van der Waals surface area contributed by atoms with E-state index in [9.17, 15) is 4.79 Å². The van der Waals surface area contributed by atoms with Crippen LogP contribution in [0.25, 0.3) is 0 Å². The van der Waals surface area contributed by atoms with Crippen LogP contribution in [-0.4, -0.2) is 31.5 Å². The number of nitrogen functional groups attached to an aromatic ring is 1. The Hall–Kier alpha value is -1.71. The van der Waals surface area contributed by atoms with Gasteiger partial charge in [-0.1, -0.05) is 19.8 Å². The topological polar surface area (TPSA) is 55.6 Å². The summed E-state index contributed by atoms with van der Waals surface area (Å²) >= 11 is 0. The molecule has 0 bridgehead atoms. The van der Waals surface area contributed by atoms with Crippen LogP contribution in [0.5, 0.6) is 5.75 Å². The molecule has 0 fully saturated rings. The number of benzene rings is 1. The first-order chi connectivity index (χ1) is 8.60. The third-order valence-corrected chi connectivity index (χ3v) is 2.92. The Morgan fingerprint density at radius 2 is 2.11 bits per heavy atom. The van der Waals surface area contributed by atoms with Gasteiger partial charge in [-0.2, -0.15) is 0 Å². The van der Waals surface area contributed by atoms with Gasteiger partial charge in [0.25, 0.3) is 5.91 Å². The molecule has 0 saturated heterocycles. The first-order valence-electron chi connectivity index (χ1n) is 6.29. The van der Waals surface area contributed by atoms with Gasteiger partial charge in [-0.15, -0.1) is 0 Å². The maximum Gasteiger partial charge on any atom is 0.253 e. The van der Waals surface area contributed by atoms with Crippen LogP contribution >= 0.6 is 0 Å². The fourth-order valence-electron chi connectivity index (χ4n) is 1.79. The van der Waals surface area contributed by atoms with Gasteiger partial charge < -0.3 is 15.4 Å². The number of ether oxygens (including phenoxy) is 1. The SMILES string of the molecule is CCCCCN(C)C(=O)c1ccc(OC)c(N)c1. The Balaban J connectivity index is 2.68. The number of hydrogen-bond donors (Lipinski definition) is 1. The van der Waals surface area contributed by atoms with Crippen LogP contribution < -0.4 is 10.5 Å². The summed E-state index contributed by atoms with van der Waals surface area (Å²) in [5, 5.41) is 0. The molecule has 0 heterocycles. The molecule has 0 aliphatic carbocycles. The minimum Gasteiger partial charge on any atom is -0.495 e. The number of carbonyl (C=O) groups is 1. The van der Waals surface area contributed by atoms with Crippen LogP contribution in [0.2, 0.25) is 0 Å². The maximum atomic E-state index is 12.1. The lowest BCUT2D eigenvalue weighted by Crippen LogP contribution is -2.27. The quantitative estimate of drug-likeness (QED) is 0.623. The summed E-state index contributed by atoms with van der Waals surface area (Å²) in [6, 6.07) is 5.13. The van der Waals surface area contributed by atoms with E-state index in [1.54, 1.807) is 30.2 Å². The van der Waals surface area contributed by atoms with E-state index in [2.05, 4.69) is 6.92 Å². The van der Waals surface area contributed by atoms with Crippen LogP contribution in [-0.2, 0) is 0 Å². The number of anilines is 1.